The summed E-state index contributed by atoms with van der Waals surface area (Å²) in [6.45, 7) is 0.701. The van der Waals surface area contributed by atoms with Crippen LogP contribution in [0.4, 0.5) is 0 Å². The zero-order chi connectivity index (χ0) is 17.3. The summed E-state index contributed by atoms with van der Waals surface area (Å²) in [5, 5.41) is 9.08. The quantitative estimate of drug-likeness (QED) is 0.774. The Kier molecular flexibility index (Phi) is 4.57. The molecule has 0 spiro atoms. The van der Waals surface area contributed by atoms with Crippen LogP contribution in [0.15, 0.2) is 23.1 Å². The maximum atomic E-state index is 12.3. The number of aliphatic carboxylic acids is 1. The van der Waals surface area contributed by atoms with Gasteiger partial charge in [-0.1, -0.05) is 6.07 Å². The molecule has 1 saturated heterocycles. The average molecular weight is 354 g/mol. The van der Waals surface area contributed by atoms with Gasteiger partial charge < -0.3 is 14.7 Å². The molecule has 1 fully saturated rings. The molecule has 2 aliphatic rings. The minimum absolute atomic E-state index is 0.0655. The van der Waals surface area contributed by atoms with E-state index in [1.54, 1.807) is 6.07 Å². The van der Waals surface area contributed by atoms with E-state index >= 15 is 0 Å². The molecular formula is C15H18N2O6S. The lowest BCUT2D eigenvalue weighted by Gasteiger charge is -2.21. The maximum absolute atomic E-state index is 12.3. The van der Waals surface area contributed by atoms with Gasteiger partial charge in [-0.25, -0.2) is 17.9 Å². The van der Waals surface area contributed by atoms with Crippen LogP contribution in [-0.4, -0.2) is 49.4 Å². The number of nitrogens with zero attached hydrogens (tertiary/aromatic N) is 1. The Morgan fingerprint density at radius 2 is 2.04 bits per heavy atom. The van der Waals surface area contributed by atoms with Crippen molar-refractivity contribution in [2.75, 3.05) is 13.1 Å². The van der Waals surface area contributed by atoms with Crippen molar-refractivity contribution in [2.24, 2.45) is 0 Å². The highest BCUT2D eigenvalue weighted by atomic mass is 32.2. The molecule has 130 valence electrons. The zero-order valence-corrected chi connectivity index (χ0v) is 13.7. The third kappa shape index (κ3) is 3.28. The molecule has 0 bridgehead atoms. The highest BCUT2D eigenvalue weighted by molar-refractivity contribution is 7.89. The van der Waals surface area contributed by atoms with E-state index in [2.05, 4.69) is 4.72 Å². The molecule has 2 aliphatic heterocycles. The van der Waals surface area contributed by atoms with Crippen molar-refractivity contribution in [3.8, 4) is 0 Å². The molecule has 0 radical (unpaired) electrons. The van der Waals surface area contributed by atoms with Crippen LogP contribution in [0.1, 0.15) is 24.0 Å². The number of hydrogen-bond donors (Lipinski definition) is 2. The van der Waals surface area contributed by atoms with Gasteiger partial charge in [0, 0.05) is 6.54 Å². The minimum atomic E-state index is -3.84. The van der Waals surface area contributed by atoms with Crippen molar-refractivity contribution < 1.29 is 27.9 Å². The number of carboxylic acids is 1. The number of benzene rings is 1. The summed E-state index contributed by atoms with van der Waals surface area (Å²) in [5.41, 5.74) is 1.76. The molecule has 1 aromatic carbocycles. The van der Waals surface area contributed by atoms with Crippen LogP contribution in [0.5, 0.6) is 0 Å². The molecule has 0 saturated carbocycles. The van der Waals surface area contributed by atoms with Crippen LogP contribution in [-0.2, 0) is 37.6 Å². The van der Waals surface area contributed by atoms with E-state index in [-0.39, 0.29) is 4.90 Å². The van der Waals surface area contributed by atoms with Crippen molar-refractivity contribution in [1.29, 1.82) is 0 Å². The van der Waals surface area contributed by atoms with Gasteiger partial charge in [0.25, 0.3) is 0 Å². The Bertz CT molecular complexity index is 776. The molecule has 0 aromatic heterocycles. The molecule has 1 amide bonds. The van der Waals surface area contributed by atoms with Gasteiger partial charge in [0.15, 0.2) is 0 Å². The molecular weight excluding hydrogens is 336 g/mol. The largest absolute Gasteiger partial charge is 0.480 e. The topological polar surface area (TPSA) is 113 Å². The number of rotatable bonds is 5. The van der Waals surface area contributed by atoms with Crippen LogP contribution in [0.25, 0.3) is 0 Å². The van der Waals surface area contributed by atoms with E-state index in [0.29, 0.717) is 32.6 Å². The number of hydrogen-bond acceptors (Lipinski definition) is 5. The second kappa shape index (κ2) is 6.50. The number of carboxylic acid groups (broad SMARTS) is 1. The van der Waals surface area contributed by atoms with Crippen LogP contribution in [0.3, 0.4) is 0 Å². The van der Waals surface area contributed by atoms with Crippen molar-refractivity contribution >= 4 is 21.9 Å². The number of carbonyl (C=O) groups is 2. The summed E-state index contributed by atoms with van der Waals surface area (Å²) in [6.07, 6.45) is 0.985. The normalized spacial score (nSPS) is 20.2. The zero-order valence-electron chi connectivity index (χ0n) is 12.9. The molecule has 9 heteroatoms. The number of nitrogens with one attached hydrogen (secondary N) is 1. The lowest BCUT2D eigenvalue weighted by Crippen LogP contribution is -2.45. The first-order valence-electron chi connectivity index (χ1n) is 7.60. The van der Waals surface area contributed by atoms with Crippen molar-refractivity contribution in [3.05, 3.63) is 29.3 Å². The third-order valence-corrected chi connectivity index (χ3v) is 5.67. The summed E-state index contributed by atoms with van der Waals surface area (Å²) in [5.74, 6) is -1.60. The second-order valence-corrected chi connectivity index (χ2v) is 7.60. The first-order valence-corrected chi connectivity index (χ1v) is 9.08. The van der Waals surface area contributed by atoms with Gasteiger partial charge in [-0.3, -0.25) is 4.79 Å². The third-order valence-electron chi connectivity index (χ3n) is 4.27. The van der Waals surface area contributed by atoms with E-state index in [9.17, 15) is 18.0 Å². The highest BCUT2D eigenvalue weighted by Crippen LogP contribution is 2.23. The van der Waals surface area contributed by atoms with E-state index in [0.717, 1.165) is 11.1 Å². The standard InChI is InChI=1S/C15H18N2O6S/c18-14(17-5-1-2-13(17)15(19)20)7-16-24(21,22)12-4-3-10-8-23-9-11(10)6-12/h3-4,6,13,16H,1-2,5,7-9H2,(H,19,20). The summed E-state index contributed by atoms with van der Waals surface area (Å²) < 4.78 is 32.2. The number of likely N-dealkylation sites (tertiary alicyclic amines) is 1. The predicted octanol–water partition coefficient (Wildman–Crippen LogP) is 0.0707. The summed E-state index contributed by atoms with van der Waals surface area (Å²) >= 11 is 0. The van der Waals surface area contributed by atoms with Crippen LogP contribution >= 0.6 is 0 Å². The fourth-order valence-corrected chi connectivity index (χ4v) is 4.00. The van der Waals surface area contributed by atoms with E-state index in [1.165, 1.54) is 17.0 Å². The Labute approximate surface area is 139 Å². The van der Waals surface area contributed by atoms with Gasteiger partial charge in [0.05, 0.1) is 24.7 Å². The van der Waals surface area contributed by atoms with Crippen molar-refractivity contribution in [2.45, 2.75) is 37.0 Å². The monoisotopic (exact) mass is 354 g/mol. The Hall–Kier alpha value is -1.97. The Balaban J connectivity index is 1.67. The van der Waals surface area contributed by atoms with Crippen LogP contribution < -0.4 is 4.72 Å². The molecule has 1 aromatic rings. The van der Waals surface area contributed by atoms with Gasteiger partial charge in [-0.15, -0.1) is 0 Å². The van der Waals surface area contributed by atoms with E-state index < -0.39 is 34.5 Å². The number of carbonyl (C=O) groups excluding carboxylic acids is 1. The molecule has 24 heavy (non-hydrogen) atoms. The molecule has 1 unspecified atom stereocenters. The summed E-state index contributed by atoms with van der Waals surface area (Å²) in [6, 6.07) is 3.82. The number of ether oxygens (including phenoxy) is 1. The smallest absolute Gasteiger partial charge is 0.326 e. The van der Waals surface area contributed by atoms with Crippen LogP contribution in [0.2, 0.25) is 0 Å². The number of fused-ring (bicyclic) bond motifs is 1. The first-order chi connectivity index (χ1) is 11.4. The first kappa shape index (κ1) is 16.9. The van der Waals surface area contributed by atoms with E-state index in [1.807, 2.05) is 0 Å². The molecule has 1 atom stereocenters. The summed E-state index contributed by atoms with van der Waals surface area (Å²) in [7, 11) is -3.84. The van der Waals surface area contributed by atoms with Crippen molar-refractivity contribution in [3.63, 3.8) is 0 Å². The van der Waals surface area contributed by atoms with Gasteiger partial charge in [-0.2, -0.15) is 0 Å². The van der Waals surface area contributed by atoms with Gasteiger partial charge >= 0.3 is 5.97 Å². The van der Waals surface area contributed by atoms with Crippen LogP contribution in [0, 0.1) is 0 Å². The highest BCUT2D eigenvalue weighted by Gasteiger charge is 2.34. The molecule has 2 heterocycles. The summed E-state index contributed by atoms with van der Waals surface area (Å²) in [4.78, 5) is 24.5. The minimum Gasteiger partial charge on any atom is -0.480 e. The number of sulfonamides is 1. The maximum Gasteiger partial charge on any atom is 0.326 e. The Morgan fingerprint density at radius 1 is 1.29 bits per heavy atom. The fourth-order valence-electron chi connectivity index (χ4n) is 2.98. The molecule has 8 nitrogen and oxygen atoms in total. The Morgan fingerprint density at radius 3 is 2.79 bits per heavy atom. The average Bonchev–Trinajstić information content (AvgIpc) is 3.20. The molecule has 0 aliphatic carbocycles. The SMILES string of the molecule is O=C(O)C1CCCN1C(=O)CNS(=O)(=O)c1ccc2c(c1)COC2. The number of amides is 1. The van der Waals surface area contributed by atoms with Gasteiger partial charge in [-0.05, 0) is 36.1 Å². The second-order valence-electron chi connectivity index (χ2n) is 5.83. The molecule has 2 N–H and O–H groups in total. The predicted molar refractivity (Wildman–Crippen MR) is 82.5 cm³/mol. The lowest BCUT2D eigenvalue weighted by atomic mass is 10.1. The van der Waals surface area contributed by atoms with Gasteiger partial charge in [0.2, 0.25) is 15.9 Å². The fraction of sp³-hybridized carbons (Fsp3) is 0.467. The molecule has 3 rings (SSSR count). The van der Waals surface area contributed by atoms with E-state index in [4.69, 9.17) is 9.84 Å². The van der Waals surface area contributed by atoms with Crippen molar-refractivity contribution in [1.82, 2.24) is 9.62 Å². The van der Waals surface area contributed by atoms with Gasteiger partial charge in [0.1, 0.15) is 6.04 Å². The lowest BCUT2D eigenvalue weighted by molar-refractivity contribution is -0.147.